The molecule has 1 amide bonds. The van der Waals surface area contributed by atoms with Crippen LogP contribution in [0.1, 0.15) is 44.9 Å². The molecule has 0 unspecified atom stereocenters. The minimum absolute atomic E-state index is 0.0733. The number of nitrogens with one attached hydrogen (secondary N) is 1. The van der Waals surface area contributed by atoms with Crippen molar-refractivity contribution in [2.75, 3.05) is 19.8 Å². The molecule has 4 heteroatoms. The summed E-state index contributed by atoms with van der Waals surface area (Å²) >= 11 is 1.91. The van der Waals surface area contributed by atoms with Gasteiger partial charge in [-0.2, -0.15) is 0 Å². The maximum atomic E-state index is 12.5. The van der Waals surface area contributed by atoms with E-state index in [1.165, 1.54) is 24.2 Å². The Kier molecular flexibility index (Phi) is 6.01. The maximum Gasteiger partial charge on any atom is 0.223 e. The van der Waals surface area contributed by atoms with Crippen molar-refractivity contribution < 1.29 is 9.53 Å². The van der Waals surface area contributed by atoms with Gasteiger partial charge < -0.3 is 10.1 Å². The Labute approximate surface area is 143 Å². The Hall–Kier alpha value is -1.00. The molecule has 3 nitrogen and oxygen atoms in total. The molecular formula is C19H27NO2S. The van der Waals surface area contributed by atoms with E-state index in [9.17, 15) is 4.79 Å². The molecule has 2 fully saturated rings. The average Bonchev–Trinajstić information content (AvgIpc) is 2.62. The van der Waals surface area contributed by atoms with Crippen LogP contribution >= 0.6 is 11.8 Å². The van der Waals surface area contributed by atoms with Gasteiger partial charge in [0.2, 0.25) is 5.91 Å². The van der Waals surface area contributed by atoms with Crippen molar-refractivity contribution in [3.63, 3.8) is 0 Å². The summed E-state index contributed by atoms with van der Waals surface area (Å²) < 4.78 is 5.63. The lowest BCUT2D eigenvalue weighted by Crippen LogP contribution is -2.46. The van der Waals surface area contributed by atoms with Crippen LogP contribution in [0.3, 0.4) is 0 Å². The maximum absolute atomic E-state index is 12.5. The molecule has 0 radical (unpaired) electrons. The van der Waals surface area contributed by atoms with Crippen LogP contribution in [0.25, 0.3) is 0 Å². The van der Waals surface area contributed by atoms with Gasteiger partial charge in [-0.3, -0.25) is 4.79 Å². The van der Waals surface area contributed by atoms with Gasteiger partial charge in [-0.05, 0) is 37.8 Å². The van der Waals surface area contributed by atoms with Gasteiger partial charge in [0, 0.05) is 35.3 Å². The van der Waals surface area contributed by atoms with Gasteiger partial charge in [0.15, 0.2) is 0 Å². The number of rotatable bonds is 5. The van der Waals surface area contributed by atoms with Gasteiger partial charge in [0.1, 0.15) is 0 Å². The van der Waals surface area contributed by atoms with E-state index in [1.807, 2.05) is 17.8 Å². The highest BCUT2D eigenvalue weighted by molar-refractivity contribution is 8.00. The van der Waals surface area contributed by atoms with Gasteiger partial charge >= 0.3 is 0 Å². The first-order valence-corrected chi connectivity index (χ1v) is 9.69. The normalized spacial score (nSPS) is 21.7. The van der Waals surface area contributed by atoms with E-state index >= 15 is 0 Å². The molecule has 1 N–H and O–H groups in total. The van der Waals surface area contributed by atoms with E-state index in [-0.39, 0.29) is 16.6 Å². The quantitative estimate of drug-likeness (QED) is 0.884. The topological polar surface area (TPSA) is 38.3 Å². The molecule has 1 aliphatic heterocycles. The third kappa shape index (κ3) is 4.74. The largest absolute Gasteiger partial charge is 0.381 e. The first kappa shape index (κ1) is 16.8. The molecule has 1 saturated carbocycles. The highest BCUT2D eigenvalue weighted by Gasteiger charge is 2.35. The van der Waals surface area contributed by atoms with Crippen LogP contribution in [-0.4, -0.2) is 30.4 Å². The summed E-state index contributed by atoms with van der Waals surface area (Å²) in [6.45, 7) is 2.34. The lowest BCUT2D eigenvalue weighted by atomic mass is 9.88. The molecule has 3 rings (SSSR count). The number of thioether (sulfide) groups is 1. The van der Waals surface area contributed by atoms with E-state index < -0.39 is 0 Å². The second-order valence-electron chi connectivity index (χ2n) is 6.76. The number of benzene rings is 1. The first-order valence-electron chi connectivity index (χ1n) is 8.87. The van der Waals surface area contributed by atoms with Gasteiger partial charge in [-0.25, -0.2) is 0 Å². The summed E-state index contributed by atoms with van der Waals surface area (Å²) in [5, 5.41) is 3.27. The van der Waals surface area contributed by atoms with Gasteiger partial charge in [-0.1, -0.05) is 37.5 Å². The second-order valence-corrected chi connectivity index (χ2v) is 8.30. The van der Waals surface area contributed by atoms with Crippen LogP contribution in [-0.2, 0) is 9.53 Å². The van der Waals surface area contributed by atoms with Gasteiger partial charge in [0.05, 0.1) is 0 Å². The zero-order valence-electron chi connectivity index (χ0n) is 13.8. The molecule has 1 aromatic rings. The Morgan fingerprint density at radius 3 is 2.52 bits per heavy atom. The van der Waals surface area contributed by atoms with E-state index in [1.54, 1.807) is 0 Å². The highest BCUT2D eigenvalue weighted by Crippen LogP contribution is 2.40. The van der Waals surface area contributed by atoms with Crippen LogP contribution in [0.4, 0.5) is 0 Å². The van der Waals surface area contributed by atoms with Crippen LogP contribution in [0.5, 0.6) is 0 Å². The second kappa shape index (κ2) is 8.20. The van der Waals surface area contributed by atoms with Crippen LogP contribution in [0.15, 0.2) is 35.2 Å². The molecule has 1 heterocycles. The standard InChI is InChI=1S/C19H27NO2S/c21-18(16-7-3-1-4-8-16)20-15-19(11-13-22-14-12-19)23-17-9-5-2-6-10-17/h2,5-6,9-10,16H,1,3-4,7-8,11-15H2,(H,20,21). The van der Waals surface area contributed by atoms with Crippen molar-refractivity contribution in [2.24, 2.45) is 5.92 Å². The van der Waals surface area contributed by atoms with Crippen molar-refractivity contribution in [3.05, 3.63) is 30.3 Å². The summed E-state index contributed by atoms with van der Waals surface area (Å²) in [7, 11) is 0. The fourth-order valence-corrected chi connectivity index (χ4v) is 4.86. The van der Waals surface area contributed by atoms with Crippen molar-refractivity contribution in [3.8, 4) is 0 Å². The first-order chi connectivity index (χ1) is 11.3. The highest BCUT2D eigenvalue weighted by atomic mass is 32.2. The number of hydrogen-bond acceptors (Lipinski definition) is 3. The summed E-state index contributed by atoms with van der Waals surface area (Å²) in [6, 6.07) is 10.5. The zero-order chi connectivity index (χ0) is 16.0. The van der Waals surface area contributed by atoms with Crippen LogP contribution in [0.2, 0.25) is 0 Å². The summed E-state index contributed by atoms with van der Waals surface area (Å²) in [5.74, 6) is 0.506. The predicted molar refractivity (Wildman–Crippen MR) is 94.7 cm³/mol. The van der Waals surface area contributed by atoms with Gasteiger partial charge in [-0.15, -0.1) is 11.8 Å². The molecule has 0 bridgehead atoms. The summed E-state index contributed by atoms with van der Waals surface area (Å²) in [4.78, 5) is 13.8. The third-order valence-electron chi connectivity index (χ3n) is 5.04. The molecule has 23 heavy (non-hydrogen) atoms. The average molecular weight is 333 g/mol. The Balaban J connectivity index is 1.61. The molecule has 126 valence electrons. The number of hydrogen-bond donors (Lipinski definition) is 1. The minimum Gasteiger partial charge on any atom is -0.381 e. The van der Waals surface area contributed by atoms with E-state index in [2.05, 4.69) is 29.6 Å². The van der Waals surface area contributed by atoms with Crippen molar-refractivity contribution >= 4 is 17.7 Å². The summed E-state index contributed by atoms with van der Waals surface area (Å²) in [5.41, 5.74) is 0. The molecule has 2 aliphatic rings. The fraction of sp³-hybridized carbons (Fsp3) is 0.632. The Bertz CT molecular complexity index is 493. The van der Waals surface area contributed by atoms with Crippen molar-refractivity contribution in [1.29, 1.82) is 0 Å². The molecule has 0 spiro atoms. The molecule has 1 aliphatic carbocycles. The molecule has 1 saturated heterocycles. The predicted octanol–water partition coefficient (Wildman–Crippen LogP) is 4.02. The van der Waals surface area contributed by atoms with Crippen molar-refractivity contribution in [2.45, 2.75) is 54.6 Å². The van der Waals surface area contributed by atoms with Gasteiger partial charge in [0.25, 0.3) is 0 Å². The molecular weight excluding hydrogens is 306 g/mol. The van der Waals surface area contributed by atoms with Crippen molar-refractivity contribution in [1.82, 2.24) is 5.32 Å². The third-order valence-corrected chi connectivity index (χ3v) is 6.54. The van der Waals surface area contributed by atoms with E-state index in [0.717, 1.165) is 45.4 Å². The van der Waals surface area contributed by atoms with E-state index in [4.69, 9.17) is 4.74 Å². The number of amides is 1. The smallest absolute Gasteiger partial charge is 0.223 e. The molecule has 0 atom stereocenters. The SMILES string of the molecule is O=C(NCC1(Sc2ccccc2)CCOCC1)C1CCCCC1. The lowest BCUT2D eigenvalue weighted by Gasteiger charge is -2.37. The van der Waals surface area contributed by atoms with E-state index in [0.29, 0.717) is 0 Å². The number of carbonyl (C=O) groups is 1. The number of carbonyl (C=O) groups excluding carboxylic acids is 1. The Morgan fingerprint density at radius 2 is 1.83 bits per heavy atom. The van der Waals surface area contributed by atoms with Crippen LogP contribution < -0.4 is 5.32 Å². The fourth-order valence-electron chi connectivity index (χ4n) is 3.55. The lowest BCUT2D eigenvalue weighted by molar-refractivity contribution is -0.126. The molecule has 0 aromatic heterocycles. The zero-order valence-corrected chi connectivity index (χ0v) is 14.6. The number of ether oxygens (including phenoxy) is 1. The Morgan fingerprint density at radius 1 is 1.13 bits per heavy atom. The molecule has 1 aromatic carbocycles. The monoisotopic (exact) mass is 333 g/mol. The summed E-state index contributed by atoms with van der Waals surface area (Å²) in [6.07, 6.45) is 7.82. The van der Waals surface area contributed by atoms with Crippen LogP contribution in [0, 0.1) is 5.92 Å². The minimum atomic E-state index is 0.0733.